The molecule has 6 heteroatoms. The van der Waals surface area contributed by atoms with Crippen molar-refractivity contribution in [3.8, 4) is 11.1 Å². The van der Waals surface area contributed by atoms with Gasteiger partial charge in [0.2, 0.25) is 0 Å². The lowest BCUT2D eigenvalue weighted by Gasteiger charge is -2.14. The maximum Gasteiger partial charge on any atom is 0.191 e. The van der Waals surface area contributed by atoms with Gasteiger partial charge >= 0.3 is 0 Å². The number of nitrogens with one attached hydrogen (secondary N) is 2. The van der Waals surface area contributed by atoms with E-state index in [0.717, 1.165) is 19.0 Å². The Kier molecular flexibility index (Phi) is 6.57. The Morgan fingerprint density at radius 3 is 2.57 bits per heavy atom. The first kappa shape index (κ1) is 19.9. The minimum atomic E-state index is 0.705. The molecule has 2 aromatic heterocycles. The first-order valence-corrected chi connectivity index (χ1v) is 10.8. The zero-order valence-electron chi connectivity index (χ0n) is 17.0. The van der Waals surface area contributed by atoms with Crippen molar-refractivity contribution in [1.82, 2.24) is 20.2 Å². The molecule has 0 aliphatic heterocycles. The van der Waals surface area contributed by atoms with E-state index in [1.165, 1.54) is 27.8 Å². The summed E-state index contributed by atoms with van der Waals surface area (Å²) in [6.07, 6.45) is 5.63. The normalized spacial score (nSPS) is 11.4. The number of guanidine groups is 1. The van der Waals surface area contributed by atoms with Crippen LogP contribution in [0, 0.1) is 0 Å². The quantitative estimate of drug-likeness (QED) is 0.345. The molecule has 152 valence electrons. The lowest BCUT2D eigenvalue weighted by Crippen LogP contribution is -2.36. The summed E-state index contributed by atoms with van der Waals surface area (Å²) < 4.78 is 2.07. The Morgan fingerprint density at radius 2 is 1.83 bits per heavy atom. The van der Waals surface area contributed by atoms with Gasteiger partial charge in [0.05, 0.1) is 6.33 Å². The van der Waals surface area contributed by atoms with Crippen molar-refractivity contribution in [1.29, 1.82) is 0 Å². The number of benzene rings is 2. The first-order valence-electron chi connectivity index (χ1n) is 9.90. The molecule has 30 heavy (non-hydrogen) atoms. The molecule has 0 unspecified atom stereocenters. The van der Waals surface area contributed by atoms with E-state index in [2.05, 4.69) is 90.5 Å². The number of hydrogen-bond donors (Lipinski definition) is 2. The Morgan fingerprint density at radius 1 is 1.00 bits per heavy atom. The van der Waals surface area contributed by atoms with Gasteiger partial charge in [-0.2, -0.15) is 11.3 Å². The third kappa shape index (κ3) is 5.15. The van der Waals surface area contributed by atoms with Crippen LogP contribution in [0.15, 0.2) is 89.1 Å². The van der Waals surface area contributed by atoms with Crippen molar-refractivity contribution < 1.29 is 0 Å². The molecule has 0 amide bonds. The fourth-order valence-electron chi connectivity index (χ4n) is 3.32. The summed E-state index contributed by atoms with van der Waals surface area (Å²) in [4.78, 5) is 8.45. The van der Waals surface area contributed by atoms with Crippen molar-refractivity contribution in [3.63, 3.8) is 0 Å². The summed E-state index contributed by atoms with van der Waals surface area (Å²) in [7, 11) is 1.80. The fourth-order valence-corrected chi connectivity index (χ4v) is 3.98. The van der Waals surface area contributed by atoms with Crippen LogP contribution in [0.25, 0.3) is 11.1 Å². The van der Waals surface area contributed by atoms with Gasteiger partial charge in [0.25, 0.3) is 0 Å². The third-order valence-electron chi connectivity index (χ3n) is 4.92. The lowest BCUT2D eigenvalue weighted by atomic mass is 9.98. The smallest absolute Gasteiger partial charge is 0.191 e. The summed E-state index contributed by atoms with van der Waals surface area (Å²) in [6, 6.07) is 19.4. The van der Waals surface area contributed by atoms with Crippen molar-refractivity contribution in [2.45, 2.75) is 19.6 Å². The van der Waals surface area contributed by atoms with E-state index in [4.69, 9.17) is 0 Å². The van der Waals surface area contributed by atoms with Crippen molar-refractivity contribution in [2.75, 3.05) is 7.05 Å². The van der Waals surface area contributed by atoms with Gasteiger partial charge in [0, 0.05) is 39.1 Å². The van der Waals surface area contributed by atoms with Gasteiger partial charge in [-0.1, -0.05) is 48.5 Å². The highest BCUT2D eigenvalue weighted by atomic mass is 32.1. The van der Waals surface area contributed by atoms with Gasteiger partial charge in [0.1, 0.15) is 0 Å². The maximum absolute atomic E-state index is 4.34. The van der Waals surface area contributed by atoms with Crippen LogP contribution < -0.4 is 10.6 Å². The first-order chi connectivity index (χ1) is 14.8. The second-order valence-electron chi connectivity index (χ2n) is 7.00. The number of aromatic nitrogens is 2. The van der Waals surface area contributed by atoms with Crippen molar-refractivity contribution in [3.05, 3.63) is 101 Å². The highest BCUT2D eigenvalue weighted by Crippen LogP contribution is 2.24. The van der Waals surface area contributed by atoms with Crippen LogP contribution in [0.4, 0.5) is 0 Å². The molecule has 0 saturated heterocycles. The van der Waals surface area contributed by atoms with Crippen LogP contribution in [0.1, 0.15) is 16.7 Å². The zero-order valence-corrected chi connectivity index (χ0v) is 17.8. The van der Waals surface area contributed by atoms with Gasteiger partial charge in [0.15, 0.2) is 5.96 Å². The Hall–Kier alpha value is -3.38. The van der Waals surface area contributed by atoms with E-state index in [0.29, 0.717) is 6.54 Å². The SMILES string of the molecule is CN=C(NCc1ccsc1)NCc1ccccc1-c1ccc(Cn2ccnc2)cc1. The number of hydrogen-bond acceptors (Lipinski definition) is 3. The number of imidazole rings is 1. The molecule has 2 N–H and O–H groups in total. The van der Waals surface area contributed by atoms with Crippen LogP contribution in [-0.4, -0.2) is 22.6 Å². The van der Waals surface area contributed by atoms with E-state index in [1.54, 1.807) is 24.6 Å². The summed E-state index contributed by atoms with van der Waals surface area (Å²) in [5, 5.41) is 11.0. The summed E-state index contributed by atoms with van der Waals surface area (Å²) in [6.45, 7) is 2.30. The third-order valence-corrected chi connectivity index (χ3v) is 5.65. The van der Waals surface area contributed by atoms with Gasteiger partial charge in [-0.25, -0.2) is 4.98 Å². The van der Waals surface area contributed by atoms with E-state index in [-0.39, 0.29) is 0 Å². The molecule has 5 nitrogen and oxygen atoms in total. The molecule has 0 radical (unpaired) electrons. The number of rotatable bonds is 7. The lowest BCUT2D eigenvalue weighted by molar-refractivity contribution is 0.797. The molecular formula is C24H25N5S. The van der Waals surface area contributed by atoms with E-state index in [1.807, 2.05) is 12.5 Å². The van der Waals surface area contributed by atoms with Crippen LogP contribution in [0.2, 0.25) is 0 Å². The zero-order chi connectivity index (χ0) is 20.6. The van der Waals surface area contributed by atoms with E-state index in [9.17, 15) is 0 Å². The number of thiophene rings is 1. The molecule has 0 aliphatic carbocycles. The maximum atomic E-state index is 4.34. The van der Waals surface area contributed by atoms with Gasteiger partial charge in [-0.05, 0) is 44.6 Å². The molecular weight excluding hydrogens is 390 g/mol. The molecule has 0 aliphatic rings. The van der Waals surface area contributed by atoms with Gasteiger partial charge in [-0.15, -0.1) is 0 Å². The number of nitrogens with zero attached hydrogens (tertiary/aromatic N) is 3. The molecule has 0 fully saturated rings. The molecule has 2 heterocycles. The van der Waals surface area contributed by atoms with Crippen LogP contribution in [0.5, 0.6) is 0 Å². The predicted molar refractivity (Wildman–Crippen MR) is 125 cm³/mol. The summed E-state index contributed by atoms with van der Waals surface area (Å²) >= 11 is 1.71. The molecule has 4 aromatic rings. The molecule has 0 bridgehead atoms. The summed E-state index contributed by atoms with van der Waals surface area (Å²) in [5.41, 5.74) is 6.19. The highest BCUT2D eigenvalue weighted by Gasteiger charge is 2.06. The average molecular weight is 416 g/mol. The van der Waals surface area contributed by atoms with Crippen LogP contribution in [0.3, 0.4) is 0 Å². The molecule has 4 rings (SSSR count). The second kappa shape index (κ2) is 9.89. The second-order valence-corrected chi connectivity index (χ2v) is 7.78. The largest absolute Gasteiger partial charge is 0.352 e. The Balaban J connectivity index is 1.41. The Labute approximate surface area is 181 Å². The topological polar surface area (TPSA) is 54.2 Å². The van der Waals surface area contributed by atoms with E-state index >= 15 is 0 Å². The minimum Gasteiger partial charge on any atom is -0.352 e. The van der Waals surface area contributed by atoms with Crippen LogP contribution >= 0.6 is 11.3 Å². The molecule has 0 spiro atoms. The summed E-state index contributed by atoms with van der Waals surface area (Å²) in [5.74, 6) is 0.798. The van der Waals surface area contributed by atoms with Crippen molar-refractivity contribution in [2.24, 2.45) is 4.99 Å². The van der Waals surface area contributed by atoms with Gasteiger partial charge < -0.3 is 15.2 Å². The molecule has 0 saturated carbocycles. The van der Waals surface area contributed by atoms with Crippen molar-refractivity contribution >= 4 is 17.3 Å². The average Bonchev–Trinajstić information content (AvgIpc) is 3.49. The van der Waals surface area contributed by atoms with E-state index < -0.39 is 0 Å². The minimum absolute atomic E-state index is 0.705. The number of aliphatic imine (C=N–C) groups is 1. The Bertz CT molecular complexity index is 1070. The fraction of sp³-hybridized carbons (Fsp3) is 0.167. The predicted octanol–water partition coefficient (Wildman–Crippen LogP) is 4.53. The molecule has 0 atom stereocenters. The monoisotopic (exact) mass is 415 g/mol. The molecule has 2 aromatic carbocycles. The van der Waals surface area contributed by atoms with Crippen LogP contribution in [-0.2, 0) is 19.6 Å². The highest BCUT2D eigenvalue weighted by molar-refractivity contribution is 7.07. The van der Waals surface area contributed by atoms with Gasteiger partial charge in [-0.3, -0.25) is 4.99 Å². The standard InChI is InChI=1S/C24H25N5S/c1-25-24(27-14-20-10-13-30-17-20)28-15-22-4-2-3-5-23(22)21-8-6-19(7-9-21)16-29-12-11-26-18-29/h2-13,17-18H,14-16H2,1H3,(H2,25,27,28).